The maximum atomic E-state index is 5.32. The van der Waals surface area contributed by atoms with Gasteiger partial charge in [0.05, 0.1) is 13.2 Å². The van der Waals surface area contributed by atoms with Gasteiger partial charge in [0.1, 0.15) is 0 Å². The van der Waals surface area contributed by atoms with E-state index in [9.17, 15) is 0 Å². The Hall–Kier alpha value is 0.230. The molecule has 3 nitrogen and oxygen atoms in total. The molecule has 0 aromatic carbocycles. The first-order valence-electron chi connectivity index (χ1n) is 6.52. The zero-order valence-corrected chi connectivity index (χ0v) is 11.4. The smallest absolute Gasteiger partial charge is 0.0594 e. The van der Waals surface area contributed by atoms with E-state index in [-0.39, 0.29) is 0 Å². The maximum absolute atomic E-state index is 5.32. The van der Waals surface area contributed by atoms with E-state index in [1.807, 2.05) is 11.8 Å². The van der Waals surface area contributed by atoms with Crippen LogP contribution in [0.5, 0.6) is 0 Å². The average Bonchev–Trinajstić information content (AvgIpc) is 2.34. The predicted molar refractivity (Wildman–Crippen MR) is 72.4 cm³/mol. The quantitative estimate of drug-likeness (QED) is 0.622. The van der Waals surface area contributed by atoms with Gasteiger partial charge < -0.3 is 10.1 Å². The number of hydrogen-bond acceptors (Lipinski definition) is 4. The van der Waals surface area contributed by atoms with Crippen LogP contribution < -0.4 is 5.32 Å². The Kier molecular flexibility index (Phi) is 9.28. The Morgan fingerprint density at radius 3 is 2.69 bits per heavy atom. The van der Waals surface area contributed by atoms with Crippen molar-refractivity contribution < 1.29 is 4.74 Å². The van der Waals surface area contributed by atoms with E-state index in [0.717, 1.165) is 32.8 Å². The van der Waals surface area contributed by atoms with Gasteiger partial charge in [-0.2, -0.15) is 11.8 Å². The maximum Gasteiger partial charge on any atom is 0.0594 e. The molecule has 96 valence electrons. The van der Waals surface area contributed by atoms with Crippen molar-refractivity contribution in [3.05, 3.63) is 0 Å². The minimum Gasteiger partial charge on any atom is -0.379 e. The van der Waals surface area contributed by atoms with Crippen molar-refractivity contribution in [2.24, 2.45) is 0 Å². The lowest BCUT2D eigenvalue weighted by atomic mass is 10.3. The van der Waals surface area contributed by atoms with Crippen molar-refractivity contribution in [1.82, 2.24) is 10.2 Å². The van der Waals surface area contributed by atoms with Gasteiger partial charge in [0.15, 0.2) is 0 Å². The first-order valence-corrected chi connectivity index (χ1v) is 7.67. The lowest BCUT2D eigenvalue weighted by Crippen LogP contribution is -2.37. The fourth-order valence-corrected chi connectivity index (χ4v) is 2.46. The van der Waals surface area contributed by atoms with Crippen LogP contribution in [0, 0.1) is 0 Å². The SMILES string of the molecule is CCSCCCNCCCN1CCOCC1. The third kappa shape index (κ3) is 7.49. The van der Waals surface area contributed by atoms with Crippen molar-refractivity contribution in [2.45, 2.75) is 19.8 Å². The molecule has 1 N–H and O–H groups in total. The van der Waals surface area contributed by atoms with Crippen LogP contribution in [0.25, 0.3) is 0 Å². The highest BCUT2D eigenvalue weighted by molar-refractivity contribution is 7.99. The lowest BCUT2D eigenvalue weighted by molar-refractivity contribution is 0.0375. The molecule has 0 atom stereocenters. The summed E-state index contributed by atoms with van der Waals surface area (Å²) >= 11 is 2.03. The summed E-state index contributed by atoms with van der Waals surface area (Å²) in [5, 5.41) is 3.51. The Morgan fingerprint density at radius 2 is 1.94 bits per heavy atom. The molecular weight excluding hydrogens is 220 g/mol. The number of nitrogens with zero attached hydrogens (tertiary/aromatic N) is 1. The summed E-state index contributed by atoms with van der Waals surface area (Å²) in [6.07, 6.45) is 2.57. The minimum atomic E-state index is 0.918. The molecule has 0 amide bonds. The molecule has 0 spiro atoms. The molecule has 0 aromatic heterocycles. The highest BCUT2D eigenvalue weighted by atomic mass is 32.2. The topological polar surface area (TPSA) is 24.5 Å². The van der Waals surface area contributed by atoms with Gasteiger partial charge in [-0.15, -0.1) is 0 Å². The van der Waals surface area contributed by atoms with Crippen molar-refractivity contribution in [1.29, 1.82) is 0 Å². The van der Waals surface area contributed by atoms with Gasteiger partial charge in [-0.05, 0) is 44.0 Å². The van der Waals surface area contributed by atoms with Gasteiger partial charge in [-0.1, -0.05) is 6.92 Å². The van der Waals surface area contributed by atoms with Crippen LogP contribution in [-0.2, 0) is 4.74 Å². The molecule has 0 radical (unpaired) electrons. The summed E-state index contributed by atoms with van der Waals surface area (Å²) in [7, 11) is 0. The van der Waals surface area contributed by atoms with E-state index < -0.39 is 0 Å². The Balaban J connectivity index is 1.77. The molecule has 0 bridgehead atoms. The van der Waals surface area contributed by atoms with E-state index in [1.165, 1.54) is 37.4 Å². The van der Waals surface area contributed by atoms with Crippen LogP contribution in [-0.4, -0.2) is 62.3 Å². The van der Waals surface area contributed by atoms with E-state index in [1.54, 1.807) is 0 Å². The molecule has 1 rings (SSSR count). The molecule has 1 saturated heterocycles. The van der Waals surface area contributed by atoms with Gasteiger partial charge in [-0.25, -0.2) is 0 Å². The van der Waals surface area contributed by atoms with Gasteiger partial charge in [-0.3, -0.25) is 4.90 Å². The van der Waals surface area contributed by atoms with Gasteiger partial charge >= 0.3 is 0 Å². The third-order valence-electron chi connectivity index (χ3n) is 2.78. The highest BCUT2D eigenvalue weighted by Gasteiger charge is 2.08. The number of nitrogens with one attached hydrogen (secondary N) is 1. The molecule has 1 heterocycles. The average molecular weight is 246 g/mol. The summed E-state index contributed by atoms with van der Waals surface area (Å²) in [6.45, 7) is 9.86. The molecule has 0 aromatic rings. The molecule has 1 aliphatic heterocycles. The zero-order chi connectivity index (χ0) is 11.5. The second-order valence-corrected chi connectivity index (χ2v) is 5.50. The van der Waals surface area contributed by atoms with Crippen LogP contribution >= 0.6 is 11.8 Å². The largest absolute Gasteiger partial charge is 0.379 e. The van der Waals surface area contributed by atoms with Crippen molar-refractivity contribution in [3.8, 4) is 0 Å². The normalized spacial score (nSPS) is 17.8. The Bertz CT molecular complexity index is 152. The third-order valence-corrected chi connectivity index (χ3v) is 3.76. The van der Waals surface area contributed by atoms with Crippen LogP contribution in [0.15, 0.2) is 0 Å². The van der Waals surface area contributed by atoms with E-state index in [4.69, 9.17) is 4.74 Å². The first kappa shape index (κ1) is 14.3. The number of rotatable bonds is 9. The van der Waals surface area contributed by atoms with Gasteiger partial charge in [0.25, 0.3) is 0 Å². The number of ether oxygens (including phenoxy) is 1. The molecule has 4 heteroatoms. The predicted octanol–water partition coefficient (Wildman–Crippen LogP) is 1.44. The second kappa shape index (κ2) is 10.4. The second-order valence-electron chi connectivity index (χ2n) is 4.11. The molecule has 0 saturated carbocycles. The lowest BCUT2D eigenvalue weighted by Gasteiger charge is -2.26. The van der Waals surface area contributed by atoms with Gasteiger partial charge in [0.2, 0.25) is 0 Å². The summed E-state index contributed by atoms with van der Waals surface area (Å²) in [5.41, 5.74) is 0. The number of morpholine rings is 1. The first-order chi connectivity index (χ1) is 7.93. The fraction of sp³-hybridized carbons (Fsp3) is 1.00. The van der Waals surface area contributed by atoms with Crippen molar-refractivity contribution >= 4 is 11.8 Å². The molecule has 16 heavy (non-hydrogen) atoms. The molecular formula is C12H26N2OS. The summed E-state index contributed by atoms with van der Waals surface area (Å²) < 4.78 is 5.32. The van der Waals surface area contributed by atoms with E-state index in [0.29, 0.717) is 0 Å². The molecule has 1 fully saturated rings. The molecule has 0 unspecified atom stereocenters. The van der Waals surface area contributed by atoms with Crippen molar-refractivity contribution in [2.75, 3.05) is 57.4 Å². The Morgan fingerprint density at radius 1 is 1.19 bits per heavy atom. The molecule has 1 aliphatic rings. The zero-order valence-electron chi connectivity index (χ0n) is 10.5. The fourth-order valence-electron chi connectivity index (χ4n) is 1.82. The van der Waals surface area contributed by atoms with Gasteiger partial charge in [0, 0.05) is 13.1 Å². The monoisotopic (exact) mass is 246 g/mol. The highest BCUT2D eigenvalue weighted by Crippen LogP contribution is 2.00. The molecule has 0 aliphatic carbocycles. The number of hydrogen-bond donors (Lipinski definition) is 1. The minimum absolute atomic E-state index is 0.918. The van der Waals surface area contributed by atoms with Crippen LogP contribution in [0.1, 0.15) is 19.8 Å². The van der Waals surface area contributed by atoms with Crippen LogP contribution in [0.3, 0.4) is 0 Å². The van der Waals surface area contributed by atoms with E-state index >= 15 is 0 Å². The standard InChI is InChI=1S/C12H26N2OS/c1-2-16-12-4-6-13-5-3-7-14-8-10-15-11-9-14/h13H,2-12H2,1H3. The summed E-state index contributed by atoms with van der Waals surface area (Å²) in [5.74, 6) is 2.55. The van der Waals surface area contributed by atoms with Crippen LogP contribution in [0.2, 0.25) is 0 Å². The van der Waals surface area contributed by atoms with Crippen molar-refractivity contribution in [3.63, 3.8) is 0 Å². The summed E-state index contributed by atoms with van der Waals surface area (Å²) in [6, 6.07) is 0. The van der Waals surface area contributed by atoms with E-state index in [2.05, 4.69) is 17.1 Å². The van der Waals surface area contributed by atoms with Crippen LogP contribution in [0.4, 0.5) is 0 Å². The Labute approximate surface area is 104 Å². The summed E-state index contributed by atoms with van der Waals surface area (Å²) in [4.78, 5) is 2.50. The number of thioether (sulfide) groups is 1.